The SMILES string of the molecule is CCN1C(=O)/C(=C/C=C2/C=Cc3ccccc3N2C)SC1=Nc1ccc(Cl)c[n+]1C.[Cl-]. The maximum atomic E-state index is 12.9. The number of likely N-dealkylation sites (N-methyl/N-ethyl adjacent to an activating group) is 2. The highest BCUT2D eigenvalue weighted by Gasteiger charge is 2.36. The van der Waals surface area contributed by atoms with Crippen LogP contribution in [0.4, 0.5) is 11.5 Å². The molecule has 1 fully saturated rings. The van der Waals surface area contributed by atoms with Crippen LogP contribution >= 0.6 is 23.4 Å². The molecule has 1 aromatic carbocycles. The minimum atomic E-state index is -0.0300. The van der Waals surface area contributed by atoms with Crippen LogP contribution in [0.2, 0.25) is 5.02 Å². The van der Waals surface area contributed by atoms with Gasteiger partial charge < -0.3 is 17.3 Å². The predicted octanol–water partition coefficient (Wildman–Crippen LogP) is 1.68. The van der Waals surface area contributed by atoms with E-state index >= 15 is 0 Å². The molecular formula is C23H22Cl2N4OS. The molecule has 2 aromatic rings. The van der Waals surface area contributed by atoms with Crippen LogP contribution in [0.1, 0.15) is 12.5 Å². The van der Waals surface area contributed by atoms with Gasteiger partial charge in [0.15, 0.2) is 0 Å². The fourth-order valence-corrected chi connectivity index (χ4v) is 4.55. The second-order valence-corrected chi connectivity index (χ2v) is 8.38. The number of aromatic nitrogens is 1. The molecule has 0 saturated carbocycles. The first-order chi connectivity index (χ1) is 14.5. The van der Waals surface area contributed by atoms with Crippen LogP contribution in [-0.4, -0.2) is 29.6 Å². The summed E-state index contributed by atoms with van der Waals surface area (Å²) in [6, 6.07) is 11.9. The lowest BCUT2D eigenvalue weighted by atomic mass is 10.1. The molecule has 1 aromatic heterocycles. The molecule has 2 aliphatic heterocycles. The summed E-state index contributed by atoms with van der Waals surface area (Å²) in [5, 5.41) is 1.31. The van der Waals surface area contributed by atoms with Gasteiger partial charge in [0.25, 0.3) is 11.1 Å². The number of aliphatic imine (C=N–C) groups is 1. The van der Waals surface area contributed by atoms with E-state index in [-0.39, 0.29) is 18.3 Å². The average Bonchev–Trinajstić information content (AvgIpc) is 3.04. The standard InChI is InChI=1S/C23H22ClN4OS.ClH/c1-4-28-22(29)20(30-23(28)25-21-14-10-17(24)15-26(21)2)13-12-18-11-9-16-7-5-6-8-19(16)27(18)3;/h5-15H,4H2,1-3H3;1H/q+1;/p-1/b18-12-,20-13-;. The van der Waals surface area contributed by atoms with E-state index in [0.717, 1.165) is 17.2 Å². The third-order valence-corrected chi connectivity index (χ3v) is 6.26. The number of halogens is 2. The number of para-hydroxylation sites is 1. The Morgan fingerprint density at radius 3 is 2.68 bits per heavy atom. The Kier molecular flexibility index (Phi) is 7.26. The first kappa shape index (κ1) is 23.1. The van der Waals surface area contributed by atoms with Gasteiger partial charge in [-0.25, -0.2) is 4.57 Å². The zero-order chi connectivity index (χ0) is 21.3. The van der Waals surface area contributed by atoms with Gasteiger partial charge in [-0.2, -0.15) is 0 Å². The number of amides is 1. The van der Waals surface area contributed by atoms with E-state index in [2.05, 4.69) is 29.2 Å². The molecule has 4 rings (SSSR count). The highest BCUT2D eigenvalue weighted by atomic mass is 35.5. The molecule has 0 unspecified atom stereocenters. The highest BCUT2D eigenvalue weighted by molar-refractivity contribution is 8.18. The van der Waals surface area contributed by atoms with Crippen LogP contribution in [0.15, 0.2) is 76.4 Å². The Balaban J connectivity index is 0.00000272. The summed E-state index contributed by atoms with van der Waals surface area (Å²) in [6.45, 7) is 2.51. The van der Waals surface area contributed by atoms with Gasteiger partial charge >= 0.3 is 5.82 Å². The molecule has 31 heavy (non-hydrogen) atoms. The first-order valence-corrected chi connectivity index (χ1v) is 10.8. The number of amidine groups is 1. The Morgan fingerprint density at radius 1 is 1.16 bits per heavy atom. The van der Waals surface area contributed by atoms with Crippen molar-refractivity contribution < 1.29 is 21.8 Å². The van der Waals surface area contributed by atoms with E-state index in [1.54, 1.807) is 17.2 Å². The summed E-state index contributed by atoms with van der Waals surface area (Å²) in [6.07, 6.45) is 9.80. The number of carbonyl (C=O) groups excluding carboxylic acids is 1. The number of rotatable bonds is 3. The van der Waals surface area contributed by atoms with Crippen LogP contribution in [0.3, 0.4) is 0 Å². The minimum Gasteiger partial charge on any atom is -1.00 e. The van der Waals surface area contributed by atoms with Crippen molar-refractivity contribution in [1.29, 1.82) is 0 Å². The number of pyridine rings is 1. The lowest BCUT2D eigenvalue weighted by molar-refractivity contribution is -0.658. The second-order valence-electron chi connectivity index (χ2n) is 6.94. The third kappa shape index (κ3) is 4.71. The molecular weight excluding hydrogens is 451 g/mol. The van der Waals surface area contributed by atoms with Crippen molar-refractivity contribution in [2.75, 3.05) is 18.5 Å². The number of carbonyl (C=O) groups is 1. The fraction of sp³-hybridized carbons (Fsp3) is 0.174. The Labute approximate surface area is 197 Å². The van der Waals surface area contributed by atoms with Gasteiger partial charge in [-0.3, -0.25) is 9.69 Å². The second kappa shape index (κ2) is 9.73. The van der Waals surface area contributed by atoms with Crippen LogP contribution in [0.5, 0.6) is 0 Å². The monoisotopic (exact) mass is 472 g/mol. The minimum absolute atomic E-state index is 0. The molecule has 8 heteroatoms. The van der Waals surface area contributed by atoms with Crippen molar-refractivity contribution in [3.63, 3.8) is 0 Å². The van der Waals surface area contributed by atoms with Gasteiger partial charge in [0.2, 0.25) is 0 Å². The zero-order valence-electron chi connectivity index (χ0n) is 17.4. The van der Waals surface area contributed by atoms with Crippen molar-refractivity contribution in [1.82, 2.24) is 4.90 Å². The normalized spacial score (nSPS) is 19.4. The van der Waals surface area contributed by atoms with Gasteiger partial charge in [0.1, 0.15) is 6.20 Å². The number of fused-ring (bicyclic) bond motifs is 1. The third-order valence-electron chi connectivity index (χ3n) is 5.01. The summed E-state index contributed by atoms with van der Waals surface area (Å²) >= 11 is 7.42. The quantitative estimate of drug-likeness (QED) is 0.503. The Morgan fingerprint density at radius 2 is 1.94 bits per heavy atom. The maximum absolute atomic E-state index is 12.9. The molecule has 0 bridgehead atoms. The number of hydrogen-bond donors (Lipinski definition) is 0. The van der Waals surface area contributed by atoms with E-state index in [1.807, 2.05) is 55.9 Å². The number of anilines is 1. The van der Waals surface area contributed by atoms with Crippen molar-refractivity contribution in [2.24, 2.45) is 12.0 Å². The molecule has 0 aliphatic carbocycles. The molecule has 0 radical (unpaired) electrons. The van der Waals surface area contributed by atoms with E-state index in [1.165, 1.54) is 17.3 Å². The summed E-state index contributed by atoms with van der Waals surface area (Å²) in [4.78, 5) is 22.1. The van der Waals surface area contributed by atoms with Crippen molar-refractivity contribution in [3.05, 3.63) is 82.0 Å². The van der Waals surface area contributed by atoms with Gasteiger partial charge in [-0.15, -0.1) is 0 Å². The highest BCUT2D eigenvalue weighted by Crippen LogP contribution is 2.33. The van der Waals surface area contributed by atoms with Crippen LogP contribution in [0, 0.1) is 0 Å². The van der Waals surface area contributed by atoms with Crippen LogP contribution in [0.25, 0.3) is 6.08 Å². The van der Waals surface area contributed by atoms with Crippen LogP contribution in [-0.2, 0) is 11.8 Å². The number of thioether (sulfide) groups is 1. The number of aryl methyl sites for hydroxylation is 1. The van der Waals surface area contributed by atoms with Crippen molar-refractivity contribution >= 4 is 52.0 Å². The average molecular weight is 473 g/mol. The number of hydrogen-bond acceptors (Lipinski definition) is 4. The van der Waals surface area contributed by atoms with Gasteiger partial charge in [-0.05, 0) is 59.6 Å². The summed E-state index contributed by atoms with van der Waals surface area (Å²) in [5.41, 5.74) is 3.34. The van der Waals surface area contributed by atoms with E-state index in [4.69, 9.17) is 16.6 Å². The molecule has 2 aliphatic rings. The molecule has 1 amide bonds. The Bertz CT molecular complexity index is 1140. The molecule has 1 saturated heterocycles. The maximum Gasteiger partial charge on any atom is 0.326 e. The molecule has 3 heterocycles. The number of allylic oxidation sites excluding steroid dienone is 3. The summed E-state index contributed by atoms with van der Waals surface area (Å²) in [5.74, 6) is 0.705. The van der Waals surface area contributed by atoms with Gasteiger partial charge in [0.05, 0.1) is 17.0 Å². The van der Waals surface area contributed by atoms with Crippen molar-refractivity contribution in [3.8, 4) is 0 Å². The van der Waals surface area contributed by atoms with Gasteiger partial charge in [0, 0.05) is 31.0 Å². The molecule has 0 spiro atoms. The predicted molar refractivity (Wildman–Crippen MR) is 125 cm³/mol. The topological polar surface area (TPSA) is 39.8 Å². The van der Waals surface area contributed by atoms with Crippen LogP contribution < -0.4 is 21.9 Å². The smallest absolute Gasteiger partial charge is 0.326 e. The fourth-order valence-electron chi connectivity index (χ4n) is 3.35. The molecule has 0 atom stereocenters. The largest absolute Gasteiger partial charge is 1.00 e. The lowest BCUT2D eigenvalue weighted by Crippen LogP contribution is -3.00. The first-order valence-electron chi connectivity index (χ1n) is 9.64. The van der Waals surface area contributed by atoms with E-state index < -0.39 is 0 Å². The van der Waals surface area contributed by atoms with Crippen molar-refractivity contribution in [2.45, 2.75) is 6.92 Å². The number of nitrogens with zero attached hydrogens (tertiary/aromatic N) is 4. The molecule has 0 N–H and O–H groups in total. The molecule has 5 nitrogen and oxygen atoms in total. The Hall–Kier alpha value is -2.54. The summed E-state index contributed by atoms with van der Waals surface area (Å²) in [7, 11) is 3.91. The zero-order valence-corrected chi connectivity index (χ0v) is 19.7. The van der Waals surface area contributed by atoms with E-state index in [0.29, 0.717) is 21.6 Å². The lowest BCUT2D eigenvalue weighted by Gasteiger charge is -2.26. The molecule has 160 valence electrons. The number of benzene rings is 1. The van der Waals surface area contributed by atoms with Gasteiger partial charge in [-0.1, -0.05) is 35.9 Å². The summed E-state index contributed by atoms with van der Waals surface area (Å²) < 4.78 is 1.84. The van der Waals surface area contributed by atoms with E-state index in [9.17, 15) is 4.79 Å².